The second-order valence-electron chi connectivity index (χ2n) is 8.36. The maximum Gasteiger partial charge on any atom is 0.336 e. The summed E-state index contributed by atoms with van der Waals surface area (Å²) in [6.45, 7) is 2.91. The molecule has 0 aliphatic heterocycles. The standard InChI is InChI=1S/C31H31FO4/c1-2-3-4-5-6-23-35-28-17-7-25(8-18-28)12-22-31(34)36-29-19-9-24(10-20-29)11-21-30(33)26-13-15-27(32)16-14-26/h7-22H,2-6,23H2,1H3/b21-11+,22-12+. The molecule has 0 atom stereocenters. The highest BCUT2D eigenvalue weighted by molar-refractivity contribution is 6.06. The van der Waals surface area contributed by atoms with Gasteiger partial charge in [-0.1, -0.05) is 62.9 Å². The first-order valence-electron chi connectivity index (χ1n) is 12.2. The van der Waals surface area contributed by atoms with Crippen molar-refractivity contribution in [3.63, 3.8) is 0 Å². The van der Waals surface area contributed by atoms with E-state index in [1.807, 2.05) is 24.3 Å². The Bertz CT molecular complexity index is 1160. The van der Waals surface area contributed by atoms with Crippen molar-refractivity contribution in [3.8, 4) is 11.5 Å². The fraction of sp³-hybridized carbons (Fsp3) is 0.226. The summed E-state index contributed by atoms with van der Waals surface area (Å²) in [7, 11) is 0. The van der Waals surface area contributed by atoms with Gasteiger partial charge in [0.05, 0.1) is 6.61 Å². The van der Waals surface area contributed by atoms with Gasteiger partial charge in [0.25, 0.3) is 0 Å². The highest BCUT2D eigenvalue weighted by atomic mass is 19.1. The second-order valence-corrected chi connectivity index (χ2v) is 8.36. The van der Waals surface area contributed by atoms with Crippen molar-refractivity contribution in [2.45, 2.75) is 39.0 Å². The van der Waals surface area contributed by atoms with Gasteiger partial charge in [0.2, 0.25) is 0 Å². The third kappa shape index (κ3) is 9.34. The van der Waals surface area contributed by atoms with Crippen LogP contribution in [-0.2, 0) is 4.79 Å². The Labute approximate surface area is 212 Å². The number of unbranched alkanes of at least 4 members (excludes halogenated alkanes) is 4. The van der Waals surface area contributed by atoms with Crippen LogP contribution in [-0.4, -0.2) is 18.4 Å². The highest BCUT2D eigenvalue weighted by Crippen LogP contribution is 2.16. The van der Waals surface area contributed by atoms with Crippen molar-refractivity contribution >= 4 is 23.9 Å². The molecule has 0 fully saturated rings. The molecule has 3 aromatic carbocycles. The normalized spacial score (nSPS) is 11.2. The second kappa shape index (κ2) is 14.4. The van der Waals surface area contributed by atoms with E-state index in [1.165, 1.54) is 62.1 Å². The van der Waals surface area contributed by atoms with Gasteiger partial charge in [-0.2, -0.15) is 0 Å². The van der Waals surface area contributed by atoms with E-state index in [0.29, 0.717) is 17.9 Å². The fourth-order valence-corrected chi connectivity index (χ4v) is 3.41. The number of allylic oxidation sites excluding steroid dienone is 1. The lowest BCUT2D eigenvalue weighted by molar-refractivity contribution is -0.128. The molecule has 0 saturated heterocycles. The predicted octanol–water partition coefficient (Wildman–Crippen LogP) is 7.69. The maximum absolute atomic E-state index is 13.0. The minimum Gasteiger partial charge on any atom is -0.494 e. The molecule has 0 heterocycles. The van der Waals surface area contributed by atoms with Crippen molar-refractivity contribution in [2.24, 2.45) is 0 Å². The number of benzene rings is 3. The molecule has 0 N–H and O–H groups in total. The van der Waals surface area contributed by atoms with Gasteiger partial charge >= 0.3 is 5.97 Å². The predicted molar refractivity (Wildman–Crippen MR) is 142 cm³/mol. The summed E-state index contributed by atoms with van der Waals surface area (Å²) < 4.78 is 24.1. The SMILES string of the molecule is CCCCCCCOc1ccc(/C=C/C(=O)Oc2ccc(/C=C/C(=O)c3ccc(F)cc3)cc2)cc1. The molecule has 0 amide bonds. The summed E-state index contributed by atoms with van der Waals surface area (Å²) >= 11 is 0. The van der Waals surface area contributed by atoms with Crippen LogP contribution in [0.1, 0.15) is 60.5 Å². The average molecular weight is 487 g/mol. The molecule has 0 saturated carbocycles. The van der Waals surface area contributed by atoms with E-state index < -0.39 is 5.97 Å². The van der Waals surface area contributed by atoms with Crippen LogP contribution in [0, 0.1) is 5.82 Å². The van der Waals surface area contributed by atoms with E-state index in [2.05, 4.69) is 6.92 Å². The van der Waals surface area contributed by atoms with Crippen molar-refractivity contribution in [1.82, 2.24) is 0 Å². The summed E-state index contributed by atoms with van der Waals surface area (Å²) in [5, 5.41) is 0. The molecular formula is C31H31FO4. The molecule has 5 heteroatoms. The summed E-state index contributed by atoms with van der Waals surface area (Å²) in [4.78, 5) is 24.3. The zero-order valence-electron chi connectivity index (χ0n) is 20.5. The number of esters is 1. The Hall–Kier alpha value is -3.99. The Kier molecular flexibility index (Phi) is 10.7. The first-order chi connectivity index (χ1) is 17.5. The highest BCUT2D eigenvalue weighted by Gasteiger charge is 2.03. The third-order valence-corrected chi connectivity index (χ3v) is 5.46. The number of ether oxygens (including phenoxy) is 2. The summed E-state index contributed by atoms with van der Waals surface area (Å²) in [5.41, 5.74) is 2.04. The van der Waals surface area contributed by atoms with Crippen molar-refractivity contribution in [2.75, 3.05) is 6.61 Å². The monoisotopic (exact) mass is 486 g/mol. The van der Waals surface area contributed by atoms with Crippen LogP contribution in [0.25, 0.3) is 12.2 Å². The van der Waals surface area contributed by atoms with Crippen LogP contribution in [0.2, 0.25) is 0 Å². The van der Waals surface area contributed by atoms with Crippen molar-refractivity contribution < 1.29 is 23.5 Å². The number of carbonyl (C=O) groups is 2. The largest absolute Gasteiger partial charge is 0.494 e. The lowest BCUT2D eigenvalue weighted by atomic mass is 10.1. The third-order valence-electron chi connectivity index (χ3n) is 5.46. The van der Waals surface area contributed by atoms with Gasteiger partial charge in [-0.25, -0.2) is 9.18 Å². The molecule has 36 heavy (non-hydrogen) atoms. The van der Waals surface area contributed by atoms with Crippen molar-refractivity contribution in [1.29, 1.82) is 0 Å². The van der Waals surface area contributed by atoms with E-state index >= 15 is 0 Å². The Balaban J connectivity index is 1.43. The molecule has 3 aromatic rings. The van der Waals surface area contributed by atoms with Gasteiger partial charge in [0, 0.05) is 11.6 Å². The number of halogens is 1. The minimum atomic E-state index is -0.489. The lowest BCUT2D eigenvalue weighted by Gasteiger charge is -2.06. The minimum absolute atomic E-state index is 0.224. The summed E-state index contributed by atoms with van der Waals surface area (Å²) in [6, 6.07) is 19.7. The summed E-state index contributed by atoms with van der Waals surface area (Å²) in [6.07, 6.45) is 12.1. The van der Waals surface area contributed by atoms with Crippen LogP contribution >= 0.6 is 0 Å². The molecule has 3 rings (SSSR count). The van der Waals surface area contributed by atoms with Gasteiger partial charge in [-0.15, -0.1) is 0 Å². The molecule has 0 aliphatic rings. The molecular weight excluding hydrogens is 455 g/mol. The van der Waals surface area contributed by atoms with Gasteiger partial charge in [0.15, 0.2) is 5.78 Å². The Morgan fingerprint density at radius 1 is 0.722 bits per heavy atom. The van der Waals surface area contributed by atoms with Crippen LogP contribution in [0.3, 0.4) is 0 Å². The zero-order valence-corrected chi connectivity index (χ0v) is 20.5. The topological polar surface area (TPSA) is 52.6 Å². The Morgan fingerprint density at radius 3 is 1.94 bits per heavy atom. The van der Waals surface area contributed by atoms with Gasteiger partial charge in [-0.05, 0) is 78.2 Å². The number of ketones is 1. The van der Waals surface area contributed by atoms with Crippen molar-refractivity contribution in [3.05, 3.63) is 107 Å². The molecule has 0 radical (unpaired) electrons. The first kappa shape index (κ1) is 26.6. The van der Waals surface area contributed by atoms with Gasteiger partial charge < -0.3 is 9.47 Å². The van der Waals surface area contributed by atoms with E-state index in [9.17, 15) is 14.0 Å². The average Bonchev–Trinajstić information content (AvgIpc) is 2.90. The molecule has 0 unspecified atom stereocenters. The van der Waals surface area contributed by atoms with Crippen LogP contribution in [0.15, 0.2) is 84.9 Å². The number of carbonyl (C=O) groups excluding carboxylic acids is 2. The van der Waals surface area contributed by atoms with Crippen LogP contribution < -0.4 is 9.47 Å². The number of rotatable bonds is 13. The molecule has 0 aromatic heterocycles. The van der Waals surface area contributed by atoms with E-state index in [0.717, 1.165) is 23.3 Å². The van der Waals surface area contributed by atoms with E-state index in [-0.39, 0.29) is 11.6 Å². The van der Waals surface area contributed by atoms with E-state index in [1.54, 1.807) is 36.4 Å². The smallest absolute Gasteiger partial charge is 0.336 e. The first-order valence-corrected chi connectivity index (χ1v) is 12.2. The lowest BCUT2D eigenvalue weighted by Crippen LogP contribution is -2.03. The Morgan fingerprint density at radius 2 is 1.31 bits per heavy atom. The molecule has 0 spiro atoms. The maximum atomic E-state index is 13.0. The van der Waals surface area contributed by atoms with Gasteiger partial charge in [0.1, 0.15) is 17.3 Å². The van der Waals surface area contributed by atoms with Gasteiger partial charge in [-0.3, -0.25) is 4.79 Å². The van der Waals surface area contributed by atoms with Crippen LogP contribution in [0.4, 0.5) is 4.39 Å². The molecule has 186 valence electrons. The molecule has 4 nitrogen and oxygen atoms in total. The zero-order chi connectivity index (χ0) is 25.6. The quantitative estimate of drug-likeness (QED) is 0.0817. The fourth-order valence-electron chi connectivity index (χ4n) is 3.41. The van der Waals surface area contributed by atoms with E-state index in [4.69, 9.17) is 9.47 Å². The molecule has 0 aliphatic carbocycles. The van der Waals surface area contributed by atoms with Crippen LogP contribution in [0.5, 0.6) is 11.5 Å². The molecule has 0 bridgehead atoms. The summed E-state index contributed by atoms with van der Waals surface area (Å²) in [5.74, 6) is 0.115. The number of hydrogen-bond donors (Lipinski definition) is 0. The number of hydrogen-bond acceptors (Lipinski definition) is 4.